The lowest BCUT2D eigenvalue weighted by Gasteiger charge is -2.37. The van der Waals surface area contributed by atoms with E-state index in [4.69, 9.17) is 34.9 Å². The fourth-order valence-electron chi connectivity index (χ4n) is 4.32. The normalized spacial score (nSPS) is 13.8. The molecule has 1 unspecified atom stereocenters. The second-order valence-electron chi connectivity index (χ2n) is 10.4. The van der Waals surface area contributed by atoms with Crippen molar-refractivity contribution in [3.63, 3.8) is 0 Å². The van der Waals surface area contributed by atoms with Gasteiger partial charge < -0.3 is 23.0 Å². The second-order valence-corrected chi connectivity index (χ2v) is 13.3. The molecule has 0 saturated heterocycles. The van der Waals surface area contributed by atoms with Crippen LogP contribution in [-0.4, -0.2) is 45.2 Å². The predicted octanol–water partition coefficient (Wildman–Crippen LogP) is 7.07. The summed E-state index contributed by atoms with van der Waals surface area (Å²) in [5.74, 6) is 0.814. The van der Waals surface area contributed by atoms with Crippen LogP contribution < -0.4 is 10.1 Å². The van der Waals surface area contributed by atoms with E-state index in [0.717, 1.165) is 22.4 Å². The number of hydrogen-bond donors (Lipinski definition) is 1. The Bertz CT molecular complexity index is 1130. The van der Waals surface area contributed by atoms with Crippen molar-refractivity contribution in [2.75, 3.05) is 33.5 Å². The van der Waals surface area contributed by atoms with Gasteiger partial charge in [0.05, 0.1) is 44.2 Å². The van der Waals surface area contributed by atoms with E-state index in [0.29, 0.717) is 26.4 Å². The van der Waals surface area contributed by atoms with E-state index in [-0.39, 0.29) is 6.10 Å². The molecular weight excluding hydrogens is 529 g/mol. The van der Waals surface area contributed by atoms with Crippen LogP contribution in [0, 0.1) is 0 Å². The second kappa shape index (κ2) is 14.5. The Morgan fingerprint density at radius 2 is 1.31 bits per heavy atom. The van der Waals surface area contributed by atoms with Gasteiger partial charge in [0.25, 0.3) is 0 Å². The Labute approximate surface area is 239 Å². The topological polar surface area (TPSA) is 58.2 Å². The minimum Gasteiger partial charge on any atom is -0.497 e. The molecule has 0 aliphatic rings. The average Bonchev–Trinajstić information content (AvgIpc) is 2.90. The van der Waals surface area contributed by atoms with Crippen LogP contribution in [0.25, 0.3) is 0 Å². The van der Waals surface area contributed by atoms with Crippen molar-refractivity contribution in [1.29, 1.82) is 0 Å². The predicted molar refractivity (Wildman–Crippen MR) is 162 cm³/mol. The van der Waals surface area contributed by atoms with Crippen LogP contribution in [0.4, 0.5) is 0 Å². The summed E-state index contributed by atoms with van der Waals surface area (Å²) in [6.45, 7) is 8.55. The highest BCUT2D eigenvalue weighted by Crippen LogP contribution is 2.53. The molecule has 39 heavy (non-hydrogen) atoms. The maximum Gasteiger partial charge on any atom is 0.328 e. The van der Waals surface area contributed by atoms with Crippen molar-refractivity contribution < 1.29 is 23.0 Å². The number of hydrogen-bond acceptors (Lipinski definition) is 7. The van der Waals surface area contributed by atoms with Crippen LogP contribution in [0.3, 0.4) is 0 Å². The van der Waals surface area contributed by atoms with E-state index in [1.54, 1.807) is 7.11 Å². The zero-order chi connectivity index (χ0) is 28.4. The molecule has 3 rings (SSSR count). The van der Waals surface area contributed by atoms with Gasteiger partial charge in [-0.3, -0.25) is 5.32 Å². The third-order valence-corrected chi connectivity index (χ3v) is 8.52. The lowest BCUT2D eigenvalue weighted by molar-refractivity contribution is 0.0418. The minimum absolute atomic E-state index is 0.0923. The number of rotatable bonds is 15. The Hall–Kier alpha value is -2.09. The summed E-state index contributed by atoms with van der Waals surface area (Å²) >= 11 is 5.62. The van der Waals surface area contributed by atoms with E-state index in [2.05, 4.69) is 66.0 Å². The Kier molecular flexibility index (Phi) is 11.7. The zero-order valence-electron chi connectivity index (χ0n) is 23.9. The Morgan fingerprint density at radius 1 is 0.769 bits per heavy atom. The summed E-state index contributed by atoms with van der Waals surface area (Å²) in [5, 5.41) is 3.81. The van der Waals surface area contributed by atoms with Crippen LogP contribution in [0.5, 0.6) is 5.75 Å². The Morgan fingerprint density at radius 3 is 1.79 bits per heavy atom. The monoisotopic (exact) mass is 571 g/mol. The van der Waals surface area contributed by atoms with Crippen LogP contribution in [0.2, 0.25) is 0 Å². The summed E-state index contributed by atoms with van der Waals surface area (Å²) in [4.78, 5) is 0. The molecule has 212 valence electrons. The summed E-state index contributed by atoms with van der Waals surface area (Å²) in [6.07, 6.45) is -0.0923. The maximum absolute atomic E-state index is 5.98. The lowest BCUT2D eigenvalue weighted by atomic mass is 9.77. The number of ether oxygens (including phenoxy) is 2. The van der Waals surface area contributed by atoms with Crippen LogP contribution >= 0.6 is 6.72 Å². The highest BCUT2D eigenvalue weighted by Gasteiger charge is 2.36. The van der Waals surface area contributed by atoms with Crippen molar-refractivity contribution in [3.8, 4) is 5.75 Å². The molecular formula is C31H42NO5PS. The van der Waals surface area contributed by atoms with E-state index in [1.807, 2.05) is 58.9 Å². The molecule has 0 aromatic heterocycles. The van der Waals surface area contributed by atoms with Gasteiger partial charge in [-0.1, -0.05) is 72.8 Å². The first-order chi connectivity index (χ1) is 18.6. The molecule has 0 spiro atoms. The standard InChI is InChI=1S/C31H42NO5PS/c1-25(2)36-38(39,37-30(3,4)5)35-24-23-34-22-21-32-31(26-13-9-7-10-14-26,27-15-11-8-12-16-27)28-17-19-29(33-6)20-18-28/h7-20,25,32H,21-24H2,1-6H3. The largest absolute Gasteiger partial charge is 0.497 e. The first-order valence-electron chi connectivity index (χ1n) is 13.3. The summed E-state index contributed by atoms with van der Waals surface area (Å²) < 4.78 is 29.1. The molecule has 0 fully saturated rings. The summed E-state index contributed by atoms with van der Waals surface area (Å²) in [6, 6.07) is 29.1. The fourth-order valence-corrected chi connectivity index (χ4v) is 7.37. The van der Waals surface area contributed by atoms with Crippen molar-refractivity contribution in [2.24, 2.45) is 0 Å². The SMILES string of the molecule is COc1ccc(C(NCCOCCOP(=S)(OC(C)C)OC(C)(C)C)(c2ccccc2)c2ccccc2)cc1. The average molecular weight is 572 g/mol. The van der Waals surface area contributed by atoms with Gasteiger partial charge in [-0.25, -0.2) is 0 Å². The lowest BCUT2D eigenvalue weighted by Crippen LogP contribution is -2.46. The van der Waals surface area contributed by atoms with Gasteiger partial charge in [0.15, 0.2) is 0 Å². The molecule has 0 radical (unpaired) electrons. The van der Waals surface area contributed by atoms with Gasteiger partial charge in [0, 0.05) is 6.54 Å². The quantitative estimate of drug-likeness (QED) is 0.119. The van der Waals surface area contributed by atoms with E-state index < -0.39 is 17.9 Å². The Balaban J connectivity index is 1.72. The first-order valence-corrected chi connectivity index (χ1v) is 15.9. The number of nitrogens with one attached hydrogen (secondary N) is 1. The number of benzene rings is 3. The van der Waals surface area contributed by atoms with Crippen molar-refractivity contribution in [2.45, 2.75) is 51.9 Å². The van der Waals surface area contributed by atoms with Crippen LogP contribution in [0.1, 0.15) is 51.3 Å². The molecule has 0 bridgehead atoms. The van der Waals surface area contributed by atoms with Crippen molar-refractivity contribution in [1.82, 2.24) is 5.32 Å². The molecule has 0 amide bonds. The highest BCUT2D eigenvalue weighted by molar-refractivity contribution is 8.07. The van der Waals surface area contributed by atoms with Crippen molar-refractivity contribution >= 4 is 18.5 Å². The van der Waals surface area contributed by atoms with Gasteiger partial charge in [-0.2, -0.15) is 0 Å². The van der Waals surface area contributed by atoms with Gasteiger partial charge in [-0.15, -0.1) is 0 Å². The smallest absolute Gasteiger partial charge is 0.328 e. The third kappa shape index (κ3) is 9.22. The molecule has 3 aromatic rings. The molecule has 1 N–H and O–H groups in total. The van der Waals surface area contributed by atoms with Crippen LogP contribution in [-0.2, 0) is 35.7 Å². The van der Waals surface area contributed by atoms with Crippen LogP contribution in [0.15, 0.2) is 84.9 Å². The molecule has 8 heteroatoms. The van der Waals surface area contributed by atoms with Gasteiger partial charge in [0.2, 0.25) is 0 Å². The summed E-state index contributed by atoms with van der Waals surface area (Å²) in [5.41, 5.74) is 2.33. The third-order valence-electron chi connectivity index (χ3n) is 5.78. The molecule has 0 saturated carbocycles. The molecule has 0 aliphatic carbocycles. The minimum atomic E-state index is -2.88. The highest BCUT2D eigenvalue weighted by atomic mass is 32.5. The van der Waals surface area contributed by atoms with Gasteiger partial charge in [0.1, 0.15) is 5.75 Å². The maximum atomic E-state index is 5.98. The number of methoxy groups -OCH3 is 1. The molecule has 6 nitrogen and oxygen atoms in total. The van der Waals surface area contributed by atoms with Gasteiger partial charge in [-0.05, 0) is 75.2 Å². The zero-order valence-corrected chi connectivity index (χ0v) is 25.6. The summed E-state index contributed by atoms with van der Waals surface area (Å²) in [7, 11) is 1.68. The van der Waals surface area contributed by atoms with Crippen molar-refractivity contribution in [3.05, 3.63) is 102 Å². The van der Waals surface area contributed by atoms with Gasteiger partial charge >= 0.3 is 6.72 Å². The molecule has 1 atom stereocenters. The van der Waals surface area contributed by atoms with E-state index in [9.17, 15) is 0 Å². The molecule has 0 heterocycles. The molecule has 0 aliphatic heterocycles. The van der Waals surface area contributed by atoms with E-state index >= 15 is 0 Å². The fraction of sp³-hybridized carbons (Fsp3) is 0.419. The molecule has 3 aromatic carbocycles. The first kappa shape index (κ1) is 31.4. The van der Waals surface area contributed by atoms with E-state index in [1.165, 1.54) is 0 Å².